The summed E-state index contributed by atoms with van der Waals surface area (Å²) in [4.78, 5) is 2.41. The summed E-state index contributed by atoms with van der Waals surface area (Å²) < 4.78 is 16.2. The molecule has 3 heterocycles. The maximum atomic E-state index is 6.81. The van der Waals surface area contributed by atoms with Crippen molar-refractivity contribution in [2.45, 2.75) is 0 Å². The van der Waals surface area contributed by atoms with Crippen LogP contribution in [0.3, 0.4) is 0 Å². The highest BCUT2D eigenvalue weighted by Gasteiger charge is 2.40. The van der Waals surface area contributed by atoms with Crippen molar-refractivity contribution in [2.24, 2.45) is 0 Å². The predicted molar refractivity (Wildman–Crippen MR) is 215 cm³/mol. The van der Waals surface area contributed by atoms with Gasteiger partial charge in [0.15, 0.2) is 0 Å². The van der Waals surface area contributed by atoms with Gasteiger partial charge in [0.2, 0.25) is 0 Å². The lowest BCUT2D eigenvalue weighted by atomic mass is 9.35. The number of benzene rings is 8. The van der Waals surface area contributed by atoms with Crippen LogP contribution < -0.4 is 30.8 Å². The van der Waals surface area contributed by atoms with Crippen LogP contribution in [0.5, 0.6) is 23.0 Å². The van der Waals surface area contributed by atoms with E-state index < -0.39 is 0 Å². The summed E-state index contributed by atoms with van der Waals surface area (Å²) in [6.45, 7) is 0.0124. The van der Waals surface area contributed by atoms with E-state index in [4.69, 9.17) is 9.47 Å². The van der Waals surface area contributed by atoms with Crippen molar-refractivity contribution < 1.29 is 9.47 Å². The van der Waals surface area contributed by atoms with E-state index in [2.05, 4.69) is 175 Å². The Labute approximate surface area is 299 Å². The Bertz CT molecular complexity index is 2770. The molecule has 0 saturated heterocycles. The molecule has 2 aliphatic rings. The van der Waals surface area contributed by atoms with Gasteiger partial charge < -0.3 is 14.4 Å². The zero-order chi connectivity index (χ0) is 33.5. The van der Waals surface area contributed by atoms with Crippen molar-refractivity contribution in [3.05, 3.63) is 170 Å². The van der Waals surface area contributed by atoms with Crippen LogP contribution in [0.1, 0.15) is 0 Å². The summed E-state index contributed by atoms with van der Waals surface area (Å²) in [6.07, 6.45) is 0. The third-order valence-electron chi connectivity index (χ3n) is 10.4. The van der Waals surface area contributed by atoms with Gasteiger partial charge in [-0.05, 0) is 58.3 Å². The summed E-state index contributed by atoms with van der Waals surface area (Å²) in [6, 6.07) is 60.7. The van der Waals surface area contributed by atoms with E-state index in [0.717, 1.165) is 73.0 Å². The summed E-state index contributed by atoms with van der Waals surface area (Å²) in [5, 5.41) is 4.85. The van der Waals surface area contributed by atoms with Crippen molar-refractivity contribution >= 4 is 82.4 Å². The van der Waals surface area contributed by atoms with Gasteiger partial charge in [0.1, 0.15) is 23.0 Å². The summed E-state index contributed by atoms with van der Waals surface area (Å²) in [5.41, 5.74) is 8.83. The molecule has 11 rings (SSSR count). The molecule has 5 heteroatoms. The van der Waals surface area contributed by atoms with Crippen molar-refractivity contribution in [1.82, 2.24) is 0 Å². The first-order chi connectivity index (χ1) is 25.3. The molecule has 2 aliphatic heterocycles. The average molecular weight is 670 g/mol. The smallest absolute Gasteiger partial charge is 0.260 e. The summed E-state index contributed by atoms with van der Waals surface area (Å²) in [7, 11) is 0. The van der Waals surface area contributed by atoms with Crippen LogP contribution in [-0.4, -0.2) is 6.71 Å². The number of nitrogens with zero attached hydrogens (tertiary/aromatic N) is 1. The molecule has 0 bridgehead atoms. The molecule has 0 amide bonds. The third-order valence-corrected chi connectivity index (χ3v) is 11.5. The Morgan fingerprint density at radius 1 is 0.451 bits per heavy atom. The van der Waals surface area contributed by atoms with Crippen molar-refractivity contribution in [3.8, 4) is 34.1 Å². The van der Waals surface area contributed by atoms with Crippen LogP contribution in [0.2, 0.25) is 0 Å². The molecular weight excluding hydrogens is 641 g/mol. The molecule has 51 heavy (non-hydrogen) atoms. The van der Waals surface area contributed by atoms with Gasteiger partial charge in [-0.15, -0.1) is 11.3 Å². The van der Waals surface area contributed by atoms with E-state index in [1.165, 1.54) is 25.6 Å². The van der Waals surface area contributed by atoms with Gasteiger partial charge >= 0.3 is 0 Å². The Hall–Kier alpha value is -6.30. The molecule has 0 atom stereocenters. The number of thiophene rings is 1. The monoisotopic (exact) mass is 669 g/mol. The van der Waals surface area contributed by atoms with Gasteiger partial charge in [0.05, 0.1) is 17.1 Å². The second-order valence-corrected chi connectivity index (χ2v) is 14.3. The van der Waals surface area contributed by atoms with E-state index in [1.54, 1.807) is 0 Å². The largest absolute Gasteiger partial charge is 0.458 e. The van der Waals surface area contributed by atoms with E-state index in [0.29, 0.717) is 0 Å². The van der Waals surface area contributed by atoms with Gasteiger partial charge in [-0.3, -0.25) is 0 Å². The van der Waals surface area contributed by atoms with E-state index in [9.17, 15) is 0 Å². The maximum absolute atomic E-state index is 6.81. The van der Waals surface area contributed by atoms with Gasteiger partial charge in [0.25, 0.3) is 6.71 Å². The predicted octanol–water partition coefficient (Wildman–Crippen LogP) is 11.1. The van der Waals surface area contributed by atoms with Crippen LogP contribution in [0, 0.1) is 0 Å². The molecule has 9 aromatic rings. The number of para-hydroxylation sites is 2. The van der Waals surface area contributed by atoms with Crippen molar-refractivity contribution in [2.75, 3.05) is 4.90 Å². The first-order valence-electron chi connectivity index (χ1n) is 17.3. The Kier molecular flexibility index (Phi) is 6.22. The van der Waals surface area contributed by atoms with E-state index >= 15 is 0 Å². The minimum Gasteiger partial charge on any atom is -0.458 e. The highest BCUT2D eigenvalue weighted by atomic mass is 32.1. The molecule has 1 aromatic heterocycles. The summed E-state index contributed by atoms with van der Waals surface area (Å²) in [5.74, 6) is 3.38. The van der Waals surface area contributed by atoms with Gasteiger partial charge in [-0.25, -0.2) is 0 Å². The maximum Gasteiger partial charge on any atom is 0.260 e. The van der Waals surface area contributed by atoms with E-state index in [-0.39, 0.29) is 6.71 Å². The standard InChI is InChI=1S/C46H28BNO2S/c1-2-13-30(14-3-1)34-28-45-35(33-18-6-11-24-44(33)51-45)27-39(34)48(38-21-12-16-29-15-4-5-17-32(29)38)31-25-42-46-43(26-31)50-41-23-10-8-20-37(41)47(46)36-19-7-9-22-40(36)49-42/h1-28H. The molecule has 8 aromatic carbocycles. The Morgan fingerprint density at radius 2 is 1.08 bits per heavy atom. The zero-order valence-corrected chi connectivity index (χ0v) is 28.2. The zero-order valence-electron chi connectivity index (χ0n) is 27.4. The molecule has 0 aliphatic carbocycles. The minimum absolute atomic E-state index is 0.0124. The number of hydrogen-bond acceptors (Lipinski definition) is 4. The van der Waals surface area contributed by atoms with Crippen LogP contribution in [0.25, 0.3) is 42.1 Å². The third kappa shape index (κ3) is 4.38. The first-order valence-corrected chi connectivity index (χ1v) is 18.1. The summed E-state index contributed by atoms with van der Waals surface area (Å²) >= 11 is 1.85. The van der Waals surface area contributed by atoms with Crippen LogP contribution in [-0.2, 0) is 0 Å². The first kappa shape index (κ1) is 28.5. The van der Waals surface area contributed by atoms with Gasteiger partial charge in [-0.1, -0.05) is 121 Å². The van der Waals surface area contributed by atoms with E-state index in [1.807, 2.05) is 11.3 Å². The number of hydrogen-bond donors (Lipinski definition) is 0. The van der Waals surface area contributed by atoms with Crippen LogP contribution >= 0.6 is 11.3 Å². The lowest BCUT2D eigenvalue weighted by molar-refractivity contribution is 0.465. The normalized spacial score (nSPS) is 12.6. The lowest BCUT2D eigenvalue weighted by Gasteiger charge is -2.35. The Balaban J connectivity index is 1.24. The minimum atomic E-state index is 0.0124. The highest BCUT2D eigenvalue weighted by Crippen LogP contribution is 2.49. The number of anilines is 3. The topological polar surface area (TPSA) is 21.7 Å². The highest BCUT2D eigenvalue weighted by molar-refractivity contribution is 7.25. The fourth-order valence-electron chi connectivity index (χ4n) is 8.11. The second-order valence-electron chi connectivity index (χ2n) is 13.2. The quantitative estimate of drug-likeness (QED) is 0.174. The van der Waals surface area contributed by atoms with Crippen molar-refractivity contribution in [3.63, 3.8) is 0 Å². The van der Waals surface area contributed by atoms with Crippen molar-refractivity contribution in [1.29, 1.82) is 0 Å². The van der Waals surface area contributed by atoms with Crippen LogP contribution in [0.15, 0.2) is 170 Å². The molecule has 0 spiro atoms. The molecular formula is C46H28BNO2S. The molecule has 0 fully saturated rings. The molecule has 0 N–H and O–H groups in total. The molecule has 238 valence electrons. The van der Waals surface area contributed by atoms with Gasteiger partial charge in [0, 0.05) is 48.7 Å². The average Bonchev–Trinajstić information content (AvgIpc) is 3.55. The second kappa shape index (κ2) is 11.1. The fourth-order valence-corrected chi connectivity index (χ4v) is 9.24. The van der Waals surface area contributed by atoms with Crippen LogP contribution in [0.4, 0.5) is 17.1 Å². The number of rotatable bonds is 4. The van der Waals surface area contributed by atoms with Gasteiger partial charge in [-0.2, -0.15) is 0 Å². The number of fused-ring (bicyclic) bond motifs is 8. The molecule has 0 saturated carbocycles. The SMILES string of the molecule is c1ccc(-c2cc3sc4ccccc4c3cc2N(c2cc3c4c(c2)Oc2ccccc2B4c2ccccc2O3)c2cccc3ccccc23)cc1. The molecule has 0 unspecified atom stereocenters. The fraction of sp³-hybridized carbons (Fsp3) is 0. The molecule has 0 radical (unpaired) electrons. The lowest BCUT2D eigenvalue weighted by Crippen LogP contribution is -2.57. The number of ether oxygens (including phenoxy) is 2. The molecule has 3 nitrogen and oxygen atoms in total. The Morgan fingerprint density at radius 3 is 1.84 bits per heavy atom.